The number of halogens is 3. The maximum Gasteiger partial charge on any atom is 0.271 e. The van der Waals surface area contributed by atoms with Gasteiger partial charge in [-0.1, -0.05) is 23.2 Å². The average molecular weight is 235 g/mol. The zero-order chi connectivity index (χ0) is 8.86. The lowest BCUT2D eigenvalue weighted by atomic mass is 10.3. The van der Waals surface area contributed by atoms with Crippen LogP contribution in [0.2, 0.25) is 0 Å². The largest absolute Gasteiger partial charge is 0.285 e. The molecule has 0 aromatic carbocycles. The fourth-order valence-electron chi connectivity index (χ4n) is 0.745. The summed E-state index contributed by atoms with van der Waals surface area (Å²) in [4.78, 5) is 11.2. The van der Waals surface area contributed by atoms with E-state index in [4.69, 9.17) is 34.8 Å². The highest BCUT2D eigenvalue weighted by Gasteiger charge is 2.59. The van der Waals surface area contributed by atoms with E-state index in [1.165, 1.54) is 4.31 Å². The lowest BCUT2D eigenvalue weighted by Crippen LogP contribution is -2.37. The Morgan fingerprint density at radius 3 is 2.00 bits per heavy atom. The van der Waals surface area contributed by atoms with E-state index in [-0.39, 0.29) is 5.91 Å². The second kappa shape index (κ2) is 2.59. The maximum absolute atomic E-state index is 11.2. The van der Waals surface area contributed by atoms with Crippen LogP contribution in [-0.4, -0.2) is 25.8 Å². The molecule has 1 saturated heterocycles. The molecule has 1 fully saturated rings. The van der Waals surface area contributed by atoms with Gasteiger partial charge in [0, 0.05) is 7.05 Å². The number of hydrogen-bond donors (Lipinski definition) is 0. The van der Waals surface area contributed by atoms with Gasteiger partial charge in [-0.3, -0.25) is 9.10 Å². The van der Waals surface area contributed by atoms with E-state index in [0.717, 1.165) is 11.9 Å². The summed E-state index contributed by atoms with van der Waals surface area (Å²) < 4.78 is -1.15. The molecular weight excluding hydrogens is 228 g/mol. The van der Waals surface area contributed by atoms with Crippen LogP contribution in [0.5, 0.6) is 0 Å². The molecule has 0 aliphatic carbocycles. The Morgan fingerprint density at radius 1 is 1.45 bits per heavy atom. The van der Waals surface area contributed by atoms with Crippen molar-refractivity contribution in [3.05, 3.63) is 0 Å². The molecule has 0 saturated carbocycles. The van der Waals surface area contributed by atoms with Crippen molar-refractivity contribution in [2.45, 2.75) is 15.5 Å². The Labute approximate surface area is 84.3 Å². The molecule has 64 valence electrons. The lowest BCUT2D eigenvalue weighted by molar-refractivity contribution is -0.125. The molecule has 1 amide bonds. The predicted octanol–water partition coefficient (Wildman–Crippen LogP) is 2.24. The first-order valence-corrected chi connectivity index (χ1v) is 4.74. The van der Waals surface area contributed by atoms with Gasteiger partial charge in [0.1, 0.15) is 4.21 Å². The van der Waals surface area contributed by atoms with Crippen LogP contribution in [0.25, 0.3) is 0 Å². The summed E-state index contributed by atoms with van der Waals surface area (Å²) >= 11 is 18.5. The number of hydrogen-bond acceptors (Lipinski definition) is 2. The summed E-state index contributed by atoms with van der Waals surface area (Å²) in [5, 5.41) is 0. The molecule has 11 heavy (non-hydrogen) atoms. The smallest absolute Gasteiger partial charge is 0.271 e. The summed E-state index contributed by atoms with van der Waals surface area (Å²) in [5.41, 5.74) is 0. The molecule has 0 bridgehead atoms. The SMILES string of the molecule is CN1SC(C)(Cl)C(Cl)(Cl)C1=O. The van der Waals surface area contributed by atoms with Gasteiger partial charge in [0.05, 0.1) is 0 Å². The minimum atomic E-state index is -1.52. The molecular formula is C5H6Cl3NOS. The van der Waals surface area contributed by atoms with Gasteiger partial charge in [0.2, 0.25) is 4.33 Å². The minimum Gasteiger partial charge on any atom is -0.285 e. The van der Waals surface area contributed by atoms with Gasteiger partial charge < -0.3 is 0 Å². The third kappa shape index (κ3) is 1.32. The first-order valence-electron chi connectivity index (χ1n) is 2.83. The molecule has 1 aliphatic heterocycles. The van der Waals surface area contributed by atoms with Crippen molar-refractivity contribution in [2.24, 2.45) is 0 Å². The quantitative estimate of drug-likeness (QED) is 0.473. The van der Waals surface area contributed by atoms with E-state index in [9.17, 15) is 4.79 Å². The monoisotopic (exact) mass is 233 g/mol. The summed E-state index contributed by atoms with van der Waals surface area (Å²) in [6, 6.07) is 0. The number of carbonyl (C=O) groups is 1. The maximum atomic E-state index is 11.2. The summed E-state index contributed by atoms with van der Waals surface area (Å²) in [5.74, 6) is -0.372. The van der Waals surface area contributed by atoms with E-state index in [1.54, 1.807) is 14.0 Å². The van der Waals surface area contributed by atoms with Crippen LogP contribution < -0.4 is 0 Å². The van der Waals surface area contributed by atoms with E-state index in [0.29, 0.717) is 0 Å². The van der Waals surface area contributed by atoms with Gasteiger partial charge in [0.25, 0.3) is 5.91 Å². The Bertz CT molecular complexity index is 206. The Hall–Kier alpha value is 0.690. The van der Waals surface area contributed by atoms with Crippen molar-refractivity contribution in [3.63, 3.8) is 0 Å². The van der Waals surface area contributed by atoms with E-state index >= 15 is 0 Å². The second-order valence-electron chi connectivity index (χ2n) is 2.39. The first-order chi connectivity index (χ1) is 4.79. The number of nitrogens with zero attached hydrogens (tertiary/aromatic N) is 1. The van der Waals surface area contributed by atoms with Crippen LogP contribution in [0, 0.1) is 0 Å². The van der Waals surface area contributed by atoms with Gasteiger partial charge in [-0.25, -0.2) is 0 Å². The third-order valence-corrected chi connectivity index (χ3v) is 4.50. The van der Waals surface area contributed by atoms with Gasteiger partial charge >= 0.3 is 0 Å². The van der Waals surface area contributed by atoms with Crippen LogP contribution in [0.1, 0.15) is 6.92 Å². The van der Waals surface area contributed by atoms with Crippen molar-refractivity contribution in [1.29, 1.82) is 0 Å². The molecule has 1 aliphatic rings. The van der Waals surface area contributed by atoms with Crippen molar-refractivity contribution in [3.8, 4) is 0 Å². The fourth-order valence-corrected chi connectivity index (χ4v) is 2.63. The Kier molecular flexibility index (Phi) is 2.30. The van der Waals surface area contributed by atoms with Crippen LogP contribution >= 0.6 is 46.8 Å². The number of alkyl halides is 3. The molecule has 1 rings (SSSR count). The number of amides is 1. The van der Waals surface area contributed by atoms with Crippen LogP contribution in [0.15, 0.2) is 0 Å². The molecule has 2 nitrogen and oxygen atoms in total. The highest BCUT2D eigenvalue weighted by atomic mass is 35.5. The van der Waals surface area contributed by atoms with Crippen molar-refractivity contribution < 1.29 is 4.79 Å². The van der Waals surface area contributed by atoms with E-state index < -0.39 is 8.54 Å². The standard InChI is InChI=1S/C5H6Cl3NOS/c1-4(6)5(7,8)3(10)9(2)11-4/h1-2H3. The predicted molar refractivity (Wildman–Crippen MR) is 49.1 cm³/mol. The summed E-state index contributed by atoms with van der Waals surface area (Å²) in [7, 11) is 1.58. The second-order valence-corrected chi connectivity index (χ2v) is 6.24. The van der Waals surface area contributed by atoms with E-state index in [2.05, 4.69) is 0 Å². The summed E-state index contributed by atoms with van der Waals surface area (Å²) in [6.45, 7) is 1.61. The molecule has 1 heterocycles. The molecule has 0 aromatic rings. The zero-order valence-electron chi connectivity index (χ0n) is 5.90. The molecule has 0 spiro atoms. The molecule has 1 atom stereocenters. The molecule has 1 unspecified atom stereocenters. The van der Waals surface area contributed by atoms with Gasteiger partial charge in [-0.15, -0.1) is 11.6 Å². The molecule has 0 aromatic heterocycles. The molecule has 6 heteroatoms. The average Bonchev–Trinajstić information content (AvgIpc) is 1.93. The molecule has 0 radical (unpaired) electrons. The third-order valence-electron chi connectivity index (χ3n) is 1.42. The topological polar surface area (TPSA) is 20.3 Å². The van der Waals surface area contributed by atoms with Gasteiger partial charge in [-0.05, 0) is 18.9 Å². The number of rotatable bonds is 0. The zero-order valence-corrected chi connectivity index (χ0v) is 8.98. The fraction of sp³-hybridized carbons (Fsp3) is 0.800. The molecule has 0 N–H and O–H groups in total. The summed E-state index contributed by atoms with van der Waals surface area (Å²) in [6.07, 6.45) is 0. The highest BCUT2D eigenvalue weighted by Crippen LogP contribution is 2.54. The lowest BCUT2D eigenvalue weighted by Gasteiger charge is -2.21. The first kappa shape index (κ1) is 9.78. The van der Waals surface area contributed by atoms with Crippen molar-refractivity contribution in [2.75, 3.05) is 7.05 Å². The minimum absolute atomic E-state index is 0.372. The normalized spacial score (nSPS) is 36.5. The van der Waals surface area contributed by atoms with E-state index in [1.807, 2.05) is 0 Å². The Balaban J connectivity index is 3.02. The van der Waals surface area contributed by atoms with Crippen molar-refractivity contribution >= 4 is 52.7 Å². The van der Waals surface area contributed by atoms with Gasteiger partial charge in [0.15, 0.2) is 0 Å². The van der Waals surface area contributed by atoms with Crippen LogP contribution in [0.3, 0.4) is 0 Å². The highest BCUT2D eigenvalue weighted by molar-refractivity contribution is 8.01. The number of carbonyl (C=O) groups excluding carboxylic acids is 1. The Morgan fingerprint density at radius 2 is 1.91 bits per heavy atom. The van der Waals surface area contributed by atoms with Gasteiger partial charge in [-0.2, -0.15) is 0 Å². The van der Waals surface area contributed by atoms with Crippen molar-refractivity contribution in [1.82, 2.24) is 4.31 Å². The van der Waals surface area contributed by atoms with Crippen LogP contribution in [0.4, 0.5) is 0 Å². The van der Waals surface area contributed by atoms with Crippen LogP contribution in [-0.2, 0) is 4.79 Å².